The van der Waals surface area contributed by atoms with E-state index in [1.165, 1.54) is 0 Å². The first-order valence-corrected chi connectivity index (χ1v) is 8.99. The molecule has 122 valence electrons. The molecular formula is C15H28N2O3S. The second kappa shape index (κ2) is 7.42. The first-order valence-electron chi connectivity index (χ1n) is 7.55. The maximum Gasteiger partial charge on any atom is 0.244 e. The van der Waals surface area contributed by atoms with Crippen LogP contribution in [-0.4, -0.2) is 35.0 Å². The molecule has 0 amide bonds. The minimum atomic E-state index is -3.53. The van der Waals surface area contributed by atoms with Gasteiger partial charge in [0.15, 0.2) is 0 Å². The molecule has 0 unspecified atom stereocenters. The number of nitrogens with zero attached hydrogens (tertiary/aromatic N) is 2. The molecule has 1 rings (SSSR count). The molecule has 6 heteroatoms. The van der Waals surface area contributed by atoms with Crippen molar-refractivity contribution < 1.29 is 13.5 Å². The molecule has 0 fully saturated rings. The smallest absolute Gasteiger partial charge is 0.244 e. The molecule has 1 aromatic rings. The predicted octanol–water partition coefficient (Wildman–Crippen LogP) is 2.35. The fourth-order valence-corrected chi connectivity index (χ4v) is 4.54. The number of hydrogen-bond acceptors (Lipinski definition) is 3. The van der Waals surface area contributed by atoms with Gasteiger partial charge in [-0.1, -0.05) is 27.7 Å². The molecule has 0 bridgehead atoms. The Bertz CT molecular complexity index is 545. The summed E-state index contributed by atoms with van der Waals surface area (Å²) in [6, 6.07) is 1.57. The SMILES string of the molecule is CCC(CC)N(CC(C)C)S(=O)(=O)c1cc(CO)n(C)c1. The van der Waals surface area contributed by atoms with Crippen LogP contribution in [-0.2, 0) is 23.7 Å². The zero-order valence-electron chi connectivity index (χ0n) is 13.7. The Morgan fingerprint density at radius 2 is 1.86 bits per heavy atom. The topological polar surface area (TPSA) is 62.5 Å². The van der Waals surface area contributed by atoms with Gasteiger partial charge in [0.05, 0.1) is 6.61 Å². The standard InChI is InChI=1S/C15H28N2O3S/c1-6-13(7-2)17(9-12(3)4)21(19,20)15-8-14(11-18)16(5)10-15/h8,10,12-13,18H,6-7,9,11H2,1-5H3. The van der Waals surface area contributed by atoms with E-state index in [1.54, 1.807) is 28.2 Å². The first kappa shape index (κ1) is 18.2. The molecule has 0 aliphatic rings. The van der Waals surface area contributed by atoms with Gasteiger partial charge in [-0.05, 0) is 24.8 Å². The van der Waals surface area contributed by atoms with Crippen molar-refractivity contribution in [1.82, 2.24) is 8.87 Å². The first-order chi connectivity index (χ1) is 9.77. The molecule has 0 saturated carbocycles. The zero-order valence-corrected chi connectivity index (χ0v) is 14.5. The van der Waals surface area contributed by atoms with Gasteiger partial charge in [-0.3, -0.25) is 0 Å². The summed E-state index contributed by atoms with van der Waals surface area (Å²) in [5, 5.41) is 9.25. The van der Waals surface area contributed by atoms with E-state index in [1.807, 2.05) is 27.7 Å². The lowest BCUT2D eigenvalue weighted by Gasteiger charge is -2.30. The van der Waals surface area contributed by atoms with Crippen LogP contribution in [0.2, 0.25) is 0 Å². The average Bonchev–Trinajstić information content (AvgIpc) is 2.80. The minimum absolute atomic E-state index is 0.00943. The normalized spacial score (nSPS) is 12.8. The highest BCUT2D eigenvalue weighted by molar-refractivity contribution is 7.89. The van der Waals surface area contributed by atoms with Crippen LogP contribution in [0.25, 0.3) is 0 Å². The summed E-state index contributed by atoms with van der Waals surface area (Å²) in [7, 11) is -1.79. The van der Waals surface area contributed by atoms with Crippen molar-refractivity contribution in [2.45, 2.75) is 58.1 Å². The number of aliphatic hydroxyl groups is 1. The van der Waals surface area contributed by atoms with Crippen molar-refractivity contribution in [3.63, 3.8) is 0 Å². The van der Waals surface area contributed by atoms with Crippen LogP contribution >= 0.6 is 0 Å². The van der Waals surface area contributed by atoms with Crippen molar-refractivity contribution in [2.24, 2.45) is 13.0 Å². The Morgan fingerprint density at radius 1 is 1.29 bits per heavy atom. The third-order valence-electron chi connectivity index (χ3n) is 3.75. The van der Waals surface area contributed by atoms with E-state index in [9.17, 15) is 13.5 Å². The molecule has 21 heavy (non-hydrogen) atoms. The van der Waals surface area contributed by atoms with Gasteiger partial charge >= 0.3 is 0 Å². The fraction of sp³-hybridized carbons (Fsp3) is 0.733. The molecule has 1 N–H and O–H groups in total. The molecule has 0 saturated heterocycles. The Labute approximate surface area is 128 Å². The Balaban J connectivity index is 3.25. The van der Waals surface area contributed by atoms with E-state index in [0.717, 1.165) is 12.8 Å². The number of hydrogen-bond donors (Lipinski definition) is 1. The molecule has 0 spiro atoms. The van der Waals surface area contributed by atoms with Crippen LogP contribution in [0.3, 0.4) is 0 Å². The summed E-state index contributed by atoms with van der Waals surface area (Å²) in [5.74, 6) is 0.265. The van der Waals surface area contributed by atoms with Gasteiger partial charge in [0, 0.05) is 31.5 Å². The minimum Gasteiger partial charge on any atom is -0.390 e. The quantitative estimate of drug-likeness (QED) is 0.801. The summed E-state index contributed by atoms with van der Waals surface area (Å²) in [4.78, 5) is 0.265. The summed E-state index contributed by atoms with van der Waals surface area (Å²) in [5.41, 5.74) is 0.600. The maximum absolute atomic E-state index is 12.9. The summed E-state index contributed by atoms with van der Waals surface area (Å²) in [6.07, 6.45) is 3.17. The molecule has 0 aromatic carbocycles. The van der Waals surface area contributed by atoms with Gasteiger partial charge in [-0.25, -0.2) is 8.42 Å². The molecule has 0 aliphatic carbocycles. The molecular weight excluding hydrogens is 288 g/mol. The van der Waals surface area contributed by atoms with Crippen molar-refractivity contribution in [3.05, 3.63) is 18.0 Å². The Kier molecular flexibility index (Phi) is 6.43. The number of aliphatic hydroxyl groups excluding tert-OH is 1. The van der Waals surface area contributed by atoms with Crippen LogP contribution < -0.4 is 0 Å². The van der Waals surface area contributed by atoms with E-state index >= 15 is 0 Å². The second-order valence-corrected chi connectivity index (χ2v) is 7.77. The number of rotatable bonds is 8. The monoisotopic (exact) mass is 316 g/mol. The van der Waals surface area contributed by atoms with Crippen LogP contribution in [0, 0.1) is 5.92 Å². The number of aryl methyl sites for hydroxylation is 1. The lowest BCUT2D eigenvalue weighted by atomic mass is 10.1. The Morgan fingerprint density at radius 3 is 2.24 bits per heavy atom. The van der Waals surface area contributed by atoms with Crippen molar-refractivity contribution in [3.8, 4) is 0 Å². The average molecular weight is 316 g/mol. The number of aromatic nitrogens is 1. The molecule has 0 aliphatic heterocycles. The molecule has 0 radical (unpaired) electrons. The Hall–Kier alpha value is -0.850. The summed E-state index contributed by atoms with van der Waals surface area (Å²) in [6.45, 7) is 8.42. The second-order valence-electron chi connectivity index (χ2n) is 5.88. The highest BCUT2D eigenvalue weighted by atomic mass is 32.2. The lowest BCUT2D eigenvalue weighted by Crippen LogP contribution is -2.41. The van der Waals surface area contributed by atoms with E-state index in [0.29, 0.717) is 12.2 Å². The van der Waals surface area contributed by atoms with Gasteiger partial charge in [0.2, 0.25) is 10.0 Å². The fourth-order valence-electron chi connectivity index (χ4n) is 2.51. The van der Waals surface area contributed by atoms with Crippen LogP contribution in [0.5, 0.6) is 0 Å². The maximum atomic E-state index is 12.9. The van der Waals surface area contributed by atoms with Crippen molar-refractivity contribution in [2.75, 3.05) is 6.54 Å². The summed E-state index contributed by atoms with van der Waals surface area (Å²) >= 11 is 0. The van der Waals surface area contributed by atoms with Crippen LogP contribution in [0.4, 0.5) is 0 Å². The van der Waals surface area contributed by atoms with Gasteiger partial charge in [-0.2, -0.15) is 4.31 Å². The third-order valence-corrected chi connectivity index (χ3v) is 5.63. The predicted molar refractivity (Wildman–Crippen MR) is 84.4 cm³/mol. The van der Waals surface area contributed by atoms with Gasteiger partial charge in [-0.15, -0.1) is 0 Å². The van der Waals surface area contributed by atoms with Crippen molar-refractivity contribution >= 4 is 10.0 Å². The largest absolute Gasteiger partial charge is 0.390 e. The molecule has 0 atom stereocenters. The molecule has 5 nitrogen and oxygen atoms in total. The lowest BCUT2D eigenvalue weighted by molar-refractivity contribution is 0.272. The van der Waals surface area contributed by atoms with Crippen LogP contribution in [0.15, 0.2) is 17.2 Å². The van der Waals surface area contributed by atoms with E-state index in [2.05, 4.69) is 0 Å². The molecule has 1 heterocycles. The highest BCUT2D eigenvalue weighted by Gasteiger charge is 2.31. The van der Waals surface area contributed by atoms with Crippen molar-refractivity contribution in [1.29, 1.82) is 0 Å². The van der Waals surface area contributed by atoms with Gasteiger partial charge < -0.3 is 9.67 Å². The molecule has 1 aromatic heterocycles. The van der Waals surface area contributed by atoms with Crippen LogP contribution in [0.1, 0.15) is 46.2 Å². The summed E-state index contributed by atoms with van der Waals surface area (Å²) < 4.78 is 29.2. The zero-order chi connectivity index (χ0) is 16.2. The third kappa shape index (κ3) is 4.08. The van der Waals surface area contributed by atoms with Gasteiger partial charge in [0.1, 0.15) is 4.90 Å². The highest BCUT2D eigenvalue weighted by Crippen LogP contribution is 2.24. The van der Waals surface area contributed by atoms with E-state index < -0.39 is 10.0 Å². The van der Waals surface area contributed by atoms with E-state index in [-0.39, 0.29) is 23.5 Å². The number of sulfonamides is 1. The van der Waals surface area contributed by atoms with E-state index in [4.69, 9.17) is 0 Å². The van der Waals surface area contributed by atoms with Gasteiger partial charge in [0.25, 0.3) is 0 Å².